The number of para-hydroxylation sites is 1. The zero-order valence-corrected chi connectivity index (χ0v) is 11.5. The van der Waals surface area contributed by atoms with Gasteiger partial charge in [0.05, 0.1) is 11.9 Å². The van der Waals surface area contributed by atoms with Crippen LogP contribution in [0.15, 0.2) is 42.6 Å². The van der Waals surface area contributed by atoms with E-state index in [-0.39, 0.29) is 5.78 Å². The van der Waals surface area contributed by atoms with Crippen LogP contribution in [0.1, 0.15) is 29.8 Å². The number of nitrogens with zero attached hydrogens (tertiary/aromatic N) is 2. The lowest BCUT2D eigenvalue weighted by atomic mass is 10.00. The number of hydrogen-bond donors (Lipinski definition) is 1. The summed E-state index contributed by atoms with van der Waals surface area (Å²) >= 11 is 0. The van der Waals surface area contributed by atoms with Gasteiger partial charge in [-0.2, -0.15) is 5.10 Å². The minimum atomic E-state index is 0.179. The van der Waals surface area contributed by atoms with E-state index in [2.05, 4.69) is 10.4 Å². The highest BCUT2D eigenvalue weighted by Crippen LogP contribution is 2.18. The van der Waals surface area contributed by atoms with Crippen LogP contribution in [-0.4, -0.2) is 28.7 Å². The van der Waals surface area contributed by atoms with Crippen LogP contribution in [-0.2, 0) is 0 Å². The van der Waals surface area contributed by atoms with Gasteiger partial charge in [-0.05, 0) is 50.0 Å². The van der Waals surface area contributed by atoms with E-state index in [4.69, 9.17) is 0 Å². The molecule has 1 N–H and O–H groups in total. The third-order valence-electron chi connectivity index (χ3n) is 3.87. The maximum atomic E-state index is 12.4. The lowest BCUT2D eigenvalue weighted by Crippen LogP contribution is -2.12. The summed E-state index contributed by atoms with van der Waals surface area (Å²) in [5.41, 5.74) is 1.62. The lowest BCUT2D eigenvalue weighted by Gasteiger charge is -2.09. The molecule has 0 saturated carbocycles. The van der Waals surface area contributed by atoms with Gasteiger partial charge in [0.25, 0.3) is 0 Å². The van der Waals surface area contributed by atoms with Gasteiger partial charge in [0.1, 0.15) is 5.69 Å². The Bertz CT molecular complexity index is 570. The minimum Gasteiger partial charge on any atom is -0.316 e. The van der Waals surface area contributed by atoms with E-state index >= 15 is 0 Å². The van der Waals surface area contributed by atoms with Crippen molar-refractivity contribution in [3.63, 3.8) is 0 Å². The third kappa shape index (κ3) is 2.80. The number of aromatic nitrogens is 2. The fraction of sp³-hybridized carbons (Fsp3) is 0.375. The van der Waals surface area contributed by atoms with Crippen molar-refractivity contribution in [3.05, 3.63) is 48.3 Å². The number of carbonyl (C=O) groups is 1. The largest absolute Gasteiger partial charge is 0.316 e. The van der Waals surface area contributed by atoms with Crippen molar-refractivity contribution < 1.29 is 4.79 Å². The summed E-state index contributed by atoms with van der Waals surface area (Å²) in [4.78, 5) is 12.4. The van der Waals surface area contributed by atoms with Gasteiger partial charge in [0.15, 0.2) is 5.78 Å². The molecular formula is C16H19N3O. The van der Waals surface area contributed by atoms with Crippen LogP contribution in [0.2, 0.25) is 0 Å². The summed E-state index contributed by atoms with van der Waals surface area (Å²) in [6.07, 6.45) is 4.44. The number of benzene rings is 1. The summed E-state index contributed by atoms with van der Waals surface area (Å²) in [6, 6.07) is 11.6. The van der Waals surface area contributed by atoms with Gasteiger partial charge in [-0.25, -0.2) is 4.68 Å². The molecule has 0 radical (unpaired) electrons. The maximum Gasteiger partial charge on any atom is 0.181 e. The number of Topliss-reactive ketones (excluding diaryl/α,β-unsaturated/α-hetero) is 1. The van der Waals surface area contributed by atoms with E-state index < -0.39 is 0 Å². The first-order valence-electron chi connectivity index (χ1n) is 7.18. The molecule has 0 spiro atoms. The van der Waals surface area contributed by atoms with E-state index in [1.807, 2.05) is 36.4 Å². The van der Waals surface area contributed by atoms with E-state index in [0.29, 0.717) is 18.0 Å². The Balaban J connectivity index is 1.70. The maximum absolute atomic E-state index is 12.4. The van der Waals surface area contributed by atoms with Gasteiger partial charge in [-0.3, -0.25) is 4.79 Å². The molecule has 104 valence electrons. The number of ketones is 1. The Morgan fingerprint density at radius 2 is 2.15 bits per heavy atom. The van der Waals surface area contributed by atoms with Gasteiger partial charge in [0, 0.05) is 6.42 Å². The standard InChI is InChI=1S/C16H19N3O/c20-16(7-6-13-8-10-17-12-13)15-9-11-18-19(15)14-4-2-1-3-5-14/h1-5,9,11,13,17H,6-8,10,12H2. The zero-order chi connectivity index (χ0) is 13.8. The first kappa shape index (κ1) is 13.1. The van der Waals surface area contributed by atoms with Crippen molar-refractivity contribution in [2.45, 2.75) is 19.3 Å². The average Bonchev–Trinajstić information content (AvgIpc) is 3.17. The molecule has 1 aromatic heterocycles. The Morgan fingerprint density at radius 3 is 2.90 bits per heavy atom. The molecule has 1 fully saturated rings. The first-order chi connectivity index (χ1) is 9.84. The smallest absolute Gasteiger partial charge is 0.181 e. The second kappa shape index (κ2) is 6.01. The molecule has 1 aromatic carbocycles. The molecule has 2 aromatic rings. The number of rotatable bonds is 5. The molecule has 4 heteroatoms. The first-order valence-corrected chi connectivity index (χ1v) is 7.18. The zero-order valence-electron chi connectivity index (χ0n) is 11.5. The summed E-state index contributed by atoms with van der Waals surface area (Å²) < 4.78 is 1.73. The molecular weight excluding hydrogens is 250 g/mol. The predicted octanol–water partition coefficient (Wildman–Crippen LogP) is 2.44. The van der Waals surface area contributed by atoms with Crippen LogP contribution < -0.4 is 5.32 Å². The van der Waals surface area contributed by atoms with Crippen molar-refractivity contribution in [3.8, 4) is 5.69 Å². The summed E-state index contributed by atoms with van der Waals surface area (Å²) in [5.74, 6) is 0.824. The highest BCUT2D eigenvalue weighted by Gasteiger charge is 2.18. The van der Waals surface area contributed by atoms with Gasteiger partial charge in [-0.15, -0.1) is 0 Å². The highest BCUT2D eigenvalue weighted by molar-refractivity contribution is 5.94. The molecule has 0 amide bonds. The number of nitrogens with one attached hydrogen (secondary N) is 1. The quantitative estimate of drug-likeness (QED) is 0.848. The van der Waals surface area contributed by atoms with Crippen LogP contribution in [0.25, 0.3) is 5.69 Å². The van der Waals surface area contributed by atoms with Gasteiger partial charge in [0.2, 0.25) is 0 Å². The molecule has 1 saturated heterocycles. The molecule has 2 heterocycles. The Hall–Kier alpha value is -1.94. The predicted molar refractivity (Wildman–Crippen MR) is 78.1 cm³/mol. The Morgan fingerprint density at radius 1 is 1.30 bits per heavy atom. The molecule has 20 heavy (non-hydrogen) atoms. The van der Waals surface area contributed by atoms with Crippen LogP contribution in [0.4, 0.5) is 0 Å². The molecule has 1 aliphatic heterocycles. The van der Waals surface area contributed by atoms with Gasteiger partial charge in [-0.1, -0.05) is 18.2 Å². The van der Waals surface area contributed by atoms with Crippen LogP contribution in [0, 0.1) is 5.92 Å². The van der Waals surface area contributed by atoms with Gasteiger partial charge >= 0.3 is 0 Å². The second-order valence-electron chi connectivity index (χ2n) is 5.28. The van der Waals surface area contributed by atoms with E-state index in [1.54, 1.807) is 10.9 Å². The molecule has 3 rings (SSSR count). The second-order valence-corrected chi connectivity index (χ2v) is 5.28. The number of carbonyl (C=O) groups excluding carboxylic acids is 1. The topological polar surface area (TPSA) is 46.9 Å². The van der Waals surface area contributed by atoms with Crippen molar-refractivity contribution in [1.82, 2.24) is 15.1 Å². The molecule has 0 aliphatic carbocycles. The molecule has 1 aliphatic rings. The van der Waals surface area contributed by atoms with Crippen molar-refractivity contribution in [2.24, 2.45) is 5.92 Å². The van der Waals surface area contributed by atoms with Crippen molar-refractivity contribution >= 4 is 5.78 Å². The fourth-order valence-electron chi connectivity index (χ4n) is 2.71. The molecule has 0 bridgehead atoms. The average molecular weight is 269 g/mol. The Kier molecular flexibility index (Phi) is 3.92. The fourth-order valence-corrected chi connectivity index (χ4v) is 2.71. The monoisotopic (exact) mass is 269 g/mol. The van der Waals surface area contributed by atoms with Gasteiger partial charge < -0.3 is 5.32 Å². The van der Waals surface area contributed by atoms with Crippen LogP contribution in [0.3, 0.4) is 0 Å². The summed E-state index contributed by atoms with van der Waals surface area (Å²) in [5, 5.41) is 7.61. The number of hydrogen-bond acceptors (Lipinski definition) is 3. The van der Waals surface area contributed by atoms with Crippen LogP contribution >= 0.6 is 0 Å². The van der Waals surface area contributed by atoms with E-state index in [9.17, 15) is 4.79 Å². The SMILES string of the molecule is O=C(CCC1CCNC1)c1ccnn1-c1ccccc1. The van der Waals surface area contributed by atoms with Crippen molar-refractivity contribution in [1.29, 1.82) is 0 Å². The minimum absolute atomic E-state index is 0.179. The van der Waals surface area contributed by atoms with E-state index in [0.717, 1.165) is 25.2 Å². The van der Waals surface area contributed by atoms with Crippen molar-refractivity contribution in [2.75, 3.05) is 13.1 Å². The highest BCUT2D eigenvalue weighted by atomic mass is 16.1. The summed E-state index contributed by atoms with van der Waals surface area (Å²) in [7, 11) is 0. The molecule has 1 atom stereocenters. The van der Waals surface area contributed by atoms with E-state index in [1.165, 1.54) is 6.42 Å². The molecule has 1 unspecified atom stereocenters. The summed E-state index contributed by atoms with van der Waals surface area (Å²) in [6.45, 7) is 2.13. The Labute approximate surface area is 118 Å². The molecule has 4 nitrogen and oxygen atoms in total. The third-order valence-corrected chi connectivity index (χ3v) is 3.87. The lowest BCUT2D eigenvalue weighted by molar-refractivity contribution is 0.0967. The van der Waals surface area contributed by atoms with Crippen LogP contribution in [0.5, 0.6) is 0 Å². The normalized spacial score (nSPS) is 18.3.